The van der Waals surface area contributed by atoms with Gasteiger partial charge in [-0.05, 0) is 51.4 Å². The van der Waals surface area contributed by atoms with Crippen molar-refractivity contribution in [3.63, 3.8) is 0 Å². The number of nitrogens with zero attached hydrogens (tertiary/aromatic N) is 5. The molecule has 28 heavy (non-hydrogen) atoms. The minimum absolute atomic E-state index is 0.0856. The molecular formula is C21H28N6O. The summed E-state index contributed by atoms with van der Waals surface area (Å²) >= 11 is 0. The van der Waals surface area contributed by atoms with Gasteiger partial charge in [0.1, 0.15) is 11.5 Å². The van der Waals surface area contributed by atoms with E-state index in [1.54, 1.807) is 13.1 Å². The molecule has 0 bridgehead atoms. The maximum Gasteiger partial charge on any atom is 0.219 e. The molecule has 2 aliphatic heterocycles. The second kappa shape index (κ2) is 8.22. The van der Waals surface area contributed by atoms with E-state index in [2.05, 4.69) is 22.2 Å². The van der Waals surface area contributed by atoms with E-state index in [4.69, 9.17) is 9.97 Å². The highest BCUT2D eigenvalue weighted by atomic mass is 16.2. The Hall–Kier alpha value is -2.54. The van der Waals surface area contributed by atoms with Gasteiger partial charge in [-0.2, -0.15) is 0 Å². The van der Waals surface area contributed by atoms with E-state index >= 15 is 0 Å². The minimum atomic E-state index is 0.0856. The molecule has 1 N–H and O–H groups in total. The van der Waals surface area contributed by atoms with E-state index in [0.29, 0.717) is 25.0 Å². The Morgan fingerprint density at radius 3 is 2.89 bits per heavy atom. The number of fused-ring (bicyclic) bond motifs is 1. The molecule has 1 fully saturated rings. The lowest BCUT2D eigenvalue weighted by Crippen LogP contribution is -2.35. The van der Waals surface area contributed by atoms with Crippen LogP contribution in [0.1, 0.15) is 37.4 Å². The number of hydrogen-bond donors (Lipinski definition) is 1. The van der Waals surface area contributed by atoms with Gasteiger partial charge in [-0.25, -0.2) is 9.97 Å². The Kier molecular flexibility index (Phi) is 5.52. The van der Waals surface area contributed by atoms with E-state index in [9.17, 15) is 4.79 Å². The molecule has 148 valence electrons. The summed E-state index contributed by atoms with van der Waals surface area (Å²) in [7, 11) is 2.21. The highest BCUT2D eigenvalue weighted by molar-refractivity contribution is 5.74. The number of carbonyl (C=O) groups excluding carboxylic acids is 1. The molecule has 0 saturated carbocycles. The van der Waals surface area contributed by atoms with Gasteiger partial charge in [-0.3, -0.25) is 9.78 Å². The fraction of sp³-hybridized carbons (Fsp3) is 0.524. The Morgan fingerprint density at radius 2 is 2.18 bits per heavy atom. The van der Waals surface area contributed by atoms with Crippen LogP contribution in [-0.4, -0.2) is 63.4 Å². The Morgan fingerprint density at radius 1 is 1.29 bits per heavy atom. The molecule has 4 rings (SSSR count). The first-order chi connectivity index (χ1) is 13.6. The van der Waals surface area contributed by atoms with Crippen LogP contribution < -0.4 is 5.32 Å². The van der Waals surface area contributed by atoms with Crippen molar-refractivity contribution in [2.75, 3.05) is 32.0 Å². The first kappa shape index (κ1) is 18.8. The second-order valence-electron chi connectivity index (χ2n) is 7.72. The number of aromatic nitrogens is 3. The van der Waals surface area contributed by atoms with Crippen molar-refractivity contribution in [1.29, 1.82) is 0 Å². The van der Waals surface area contributed by atoms with Crippen molar-refractivity contribution in [2.45, 2.75) is 45.2 Å². The molecule has 1 amide bonds. The predicted octanol–water partition coefficient (Wildman–Crippen LogP) is 2.34. The van der Waals surface area contributed by atoms with Gasteiger partial charge < -0.3 is 15.1 Å². The molecular weight excluding hydrogens is 352 g/mol. The molecule has 1 saturated heterocycles. The van der Waals surface area contributed by atoms with Crippen LogP contribution in [0.15, 0.2) is 24.4 Å². The van der Waals surface area contributed by atoms with Gasteiger partial charge in [0.2, 0.25) is 5.91 Å². The maximum absolute atomic E-state index is 11.8. The number of anilines is 1. The summed E-state index contributed by atoms with van der Waals surface area (Å²) in [4.78, 5) is 30.1. The van der Waals surface area contributed by atoms with E-state index in [0.717, 1.165) is 42.2 Å². The van der Waals surface area contributed by atoms with E-state index in [1.165, 1.54) is 19.4 Å². The number of likely N-dealkylation sites (tertiary alicyclic amines) is 1. The van der Waals surface area contributed by atoms with Crippen LogP contribution in [0.3, 0.4) is 0 Å². The number of carbonyl (C=O) groups is 1. The molecule has 7 nitrogen and oxygen atoms in total. The molecule has 0 spiro atoms. The third-order valence-corrected chi connectivity index (χ3v) is 5.85. The number of pyridine rings is 1. The van der Waals surface area contributed by atoms with Gasteiger partial charge in [0.15, 0.2) is 5.82 Å². The summed E-state index contributed by atoms with van der Waals surface area (Å²) in [5, 5.41) is 3.57. The Bertz CT molecular complexity index is 840. The van der Waals surface area contributed by atoms with Crippen LogP contribution in [0.2, 0.25) is 0 Å². The lowest BCUT2D eigenvalue weighted by Gasteiger charge is -2.29. The SMILES string of the molecule is CC(=O)N1CCc2c(nc(-c3ccccn3)nc2NCC[C@@H]2CCCN2C)C1. The van der Waals surface area contributed by atoms with Crippen LogP contribution in [0.4, 0.5) is 5.82 Å². The maximum atomic E-state index is 11.8. The average Bonchev–Trinajstić information content (AvgIpc) is 3.12. The minimum Gasteiger partial charge on any atom is -0.370 e. The highest BCUT2D eigenvalue weighted by Crippen LogP contribution is 2.27. The van der Waals surface area contributed by atoms with E-state index in [1.807, 2.05) is 23.1 Å². The monoisotopic (exact) mass is 380 g/mol. The smallest absolute Gasteiger partial charge is 0.219 e. The summed E-state index contributed by atoms with van der Waals surface area (Å²) in [5.74, 6) is 1.60. The van der Waals surface area contributed by atoms with Gasteiger partial charge in [0.05, 0.1) is 12.2 Å². The summed E-state index contributed by atoms with van der Waals surface area (Å²) < 4.78 is 0. The molecule has 1 atom stereocenters. The molecule has 0 aromatic carbocycles. The zero-order chi connectivity index (χ0) is 19.5. The second-order valence-corrected chi connectivity index (χ2v) is 7.72. The molecule has 2 aliphatic rings. The van der Waals surface area contributed by atoms with E-state index in [-0.39, 0.29) is 5.91 Å². The van der Waals surface area contributed by atoms with Gasteiger partial charge in [-0.1, -0.05) is 6.07 Å². The number of nitrogens with one attached hydrogen (secondary N) is 1. The summed E-state index contributed by atoms with van der Waals surface area (Å²) in [6.45, 7) is 4.94. The molecule has 0 aliphatic carbocycles. The number of hydrogen-bond acceptors (Lipinski definition) is 6. The molecule has 0 radical (unpaired) electrons. The van der Waals surface area contributed by atoms with Crippen molar-refractivity contribution in [3.8, 4) is 11.5 Å². The fourth-order valence-corrected chi connectivity index (χ4v) is 4.16. The van der Waals surface area contributed by atoms with Crippen LogP contribution in [0, 0.1) is 0 Å². The van der Waals surface area contributed by atoms with Crippen molar-refractivity contribution in [1.82, 2.24) is 24.8 Å². The summed E-state index contributed by atoms with van der Waals surface area (Å²) in [6.07, 6.45) is 6.20. The van der Waals surface area contributed by atoms with Crippen LogP contribution in [0.5, 0.6) is 0 Å². The Labute approximate surface area is 166 Å². The lowest BCUT2D eigenvalue weighted by molar-refractivity contribution is -0.129. The van der Waals surface area contributed by atoms with Crippen LogP contribution in [0.25, 0.3) is 11.5 Å². The number of rotatable bonds is 5. The van der Waals surface area contributed by atoms with Gasteiger partial charge in [-0.15, -0.1) is 0 Å². The van der Waals surface area contributed by atoms with Gasteiger partial charge in [0, 0.05) is 37.8 Å². The summed E-state index contributed by atoms with van der Waals surface area (Å²) in [6, 6.07) is 6.39. The van der Waals surface area contributed by atoms with E-state index < -0.39 is 0 Å². The average molecular weight is 380 g/mol. The normalized spacial score (nSPS) is 19.5. The molecule has 0 unspecified atom stereocenters. The first-order valence-electron chi connectivity index (χ1n) is 10.1. The largest absolute Gasteiger partial charge is 0.370 e. The first-order valence-corrected chi connectivity index (χ1v) is 10.1. The quantitative estimate of drug-likeness (QED) is 0.858. The predicted molar refractivity (Wildman–Crippen MR) is 109 cm³/mol. The Balaban J connectivity index is 1.58. The van der Waals surface area contributed by atoms with Crippen LogP contribution >= 0.6 is 0 Å². The molecule has 2 aromatic heterocycles. The zero-order valence-corrected chi connectivity index (χ0v) is 16.7. The highest BCUT2D eigenvalue weighted by Gasteiger charge is 2.25. The fourth-order valence-electron chi connectivity index (χ4n) is 4.16. The third kappa shape index (κ3) is 3.99. The standard InChI is InChI=1S/C21H28N6O/c1-15(28)27-13-9-17-19(14-27)24-21(18-7-3-4-10-22-18)25-20(17)23-11-8-16-6-5-12-26(16)2/h3-4,7,10,16H,5-6,8-9,11-14H2,1-2H3,(H,23,24,25)/t16-/m0/s1. The van der Waals surface area contributed by atoms with Gasteiger partial charge >= 0.3 is 0 Å². The van der Waals surface area contributed by atoms with Crippen LogP contribution in [-0.2, 0) is 17.8 Å². The third-order valence-electron chi connectivity index (χ3n) is 5.85. The topological polar surface area (TPSA) is 74.2 Å². The molecule has 4 heterocycles. The van der Waals surface area contributed by atoms with Gasteiger partial charge in [0.25, 0.3) is 0 Å². The summed E-state index contributed by atoms with van der Waals surface area (Å²) in [5.41, 5.74) is 2.82. The molecule has 7 heteroatoms. The van der Waals surface area contributed by atoms with Crippen molar-refractivity contribution < 1.29 is 4.79 Å². The van der Waals surface area contributed by atoms with Crippen molar-refractivity contribution >= 4 is 11.7 Å². The number of amides is 1. The lowest BCUT2D eigenvalue weighted by atomic mass is 10.0. The molecule has 2 aromatic rings. The zero-order valence-electron chi connectivity index (χ0n) is 16.7. The van der Waals surface area contributed by atoms with Crippen molar-refractivity contribution in [2.24, 2.45) is 0 Å². The van der Waals surface area contributed by atoms with Crippen molar-refractivity contribution in [3.05, 3.63) is 35.7 Å².